The smallest absolute Gasteiger partial charge is 0.224 e. The van der Waals surface area contributed by atoms with E-state index >= 15 is 0 Å². The molecule has 1 aliphatic heterocycles. The van der Waals surface area contributed by atoms with E-state index in [4.69, 9.17) is 21.1 Å². The minimum absolute atomic E-state index is 0.0765. The van der Waals surface area contributed by atoms with Gasteiger partial charge >= 0.3 is 0 Å². The number of ether oxygens (including phenoxy) is 2. The fourth-order valence-corrected chi connectivity index (χ4v) is 4.57. The zero-order chi connectivity index (χ0) is 16.9. The van der Waals surface area contributed by atoms with Crippen molar-refractivity contribution in [3.8, 4) is 5.75 Å². The van der Waals surface area contributed by atoms with Gasteiger partial charge in [-0.3, -0.25) is 4.79 Å². The van der Waals surface area contributed by atoms with Crippen LogP contribution in [-0.2, 0) is 19.4 Å². The summed E-state index contributed by atoms with van der Waals surface area (Å²) in [5, 5.41) is 3.14. The Kier molecular flexibility index (Phi) is 6.26. The first kappa shape index (κ1) is 18.0. The van der Waals surface area contributed by atoms with Crippen LogP contribution in [0.4, 0.5) is 5.69 Å². The van der Waals surface area contributed by atoms with E-state index in [0.29, 0.717) is 36.1 Å². The minimum atomic E-state index is -2.98. The van der Waals surface area contributed by atoms with Gasteiger partial charge < -0.3 is 14.8 Å². The van der Waals surface area contributed by atoms with Crippen molar-refractivity contribution in [2.45, 2.75) is 12.8 Å². The Bertz CT molecular complexity index is 662. The quantitative estimate of drug-likeness (QED) is 0.752. The molecular formula is C15H20ClNO5S. The summed E-state index contributed by atoms with van der Waals surface area (Å²) in [6.45, 7) is 0.711. The van der Waals surface area contributed by atoms with Gasteiger partial charge in [0.05, 0.1) is 28.8 Å². The van der Waals surface area contributed by atoms with E-state index in [0.717, 1.165) is 0 Å². The van der Waals surface area contributed by atoms with Gasteiger partial charge in [0.2, 0.25) is 5.91 Å². The summed E-state index contributed by atoms with van der Waals surface area (Å²) in [5.41, 5.74) is 0.472. The Hall–Kier alpha value is -1.31. The minimum Gasteiger partial charge on any atom is -0.487 e. The van der Waals surface area contributed by atoms with Crippen molar-refractivity contribution in [2.75, 3.05) is 37.1 Å². The first-order valence-corrected chi connectivity index (χ1v) is 9.52. The monoisotopic (exact) mass is 361 g/mol. The molecule has 1 amide bonds. The molecule has 0 aromatic heterocycles. The van der Waals surface area contributed by atoms with Gasteiger partial charge in [0.1, 0.15) is 6.61 Å². The number of amides is 1. The molecule has 1 N–H and O–H groups in total. The third kappa shape index (κ3) is 5.37. The molecule has 1 atom stereocenters. The van der Waals surface area contributed by atoms with Crippen molar-refractivity contribution >= 4 is 33.0 Å². The van der Waals surface area contributed by atoms with E-state index in [1.54, 1.807) is 25.3 Å². The lowest BCUT2D eigenvalue weighted by Gasteiger charge is -2.14. The number of halogens is 1. The highest BCUT2D eigenvalue weighted by molar-refractivity contribution is 7.91. The molecule has 2 rings (SSSR count). The van der Waals surface area contributed by atoms with Crippen LogP contribution >= 0.6 is 11.6 Å². The lowest BCUT2D eigenvalue weighted by molar-refractivity contribution is -0.116. The summed E-state index contributed by atoms with van der Waals surface area (Å²) in [6.07, 6.45) is 0.700. The Morgan fingerprint density at radius 3 is 2.83 bits per heavy atom. The summed E-state index contributed by atoms with van der Waals surface area (Å²) in [6, 6.07) is 5.07. The highest BCUT2D eigenvalue weighted by atomic mass is 35.5. The maximum atomic E-state index is 12.1. The molecule has 6 nitrogen and oxygen atoms in total. The number of nitrogens with one attached hydrogen (secondary N) is 1. The maximum Gasteiger partial charge on any atom is 0.224 e. The Balaban J connectivity index is 1.98. The molecule has 1 aliphatic rings. The molecule has 0 saturated carbocycles. The fourth-order valence-electron chi connectivity index (χ4n) is 2.48. The van der Waals surface area contributed by atoms with Crippen molar-refractivity contribution in [3.63, 3.8) is 0 Å². The highest BCUT2D eigenvalue weighted by Crippen LogP contribution is 2.33. The molecule has 128 valence electrons. The third-order valence-corrected chi connectivity index (χ3v) is 5.71. The third-order valence-electron chi connectivity index (χ3n) is 3.58. The molecule has 1 heterocycles. The van der Waals surface area contributed by atoms with Crippen LogP contribution in [0.3, 0.4) is 0 Å². The van der Waals surface area contributed by atoms with E-state index in [2.05, 4.69) is 5.32 Å². The maximum absolute atomic E-state index is 12.1. The number of methoxy groups -OCH3 is 1. The molecule has 0 radical (unpaired) electrons. The van der Waals surface area contributed by atoms with Gasteiger partial charge in [0.15, 0.2) is 15.6 Å². The van der Waals surface area contributed by atoms with Gasteiger partial charge in [-0.15, -0.1) is 0 Å². The van der Waals surface area contributed by atoms with Gasteiger partial charge in [-0.2, -0.15) is 0 Å². The molecule has 8 heteroatoms. The predicted octanol–water partition coefficient (Wildman–Crippen LogP) is 2.13. The summed E-state index contributed by atoms with van der Waals surface area (Å²) in [4.78, 5) is 12.1. The van der Waals surface area contributed by atoms with E-state index in [-0.39, 0.29) is 29.8 Å². The number of hydrogen-bond acceptors (Lipinski definition) is 5. The lowest BCUT2D eigenvalue weighted by atomic mass is 10.0. The highest BCUT2D eigenvalue weighted by Gasteiger charge is 2.29. The molecule has 1 aromatic carbocycles. The standard InChI is InChI=1S/C15H20ClNO5S/c1-21-6-7-22-15-12(16)3-2-4-13(15)17-14(18)9-11-5-8-23(19,20)10-11/h2-4,11H,5-10H2,1H3,(H,17,18). The van der Waals surface area contributed by atoms with E-state index in [9.17, 15) is 13.2 Å². The topological polar surface area (TPSA) is 81.7 Å². The average molecular weight is 362 g/mol. The van der Waals surface area contributed by atoms with Gasteiger partial charge in [-0.25, -0.2) is 8.42 Å². The molecule has 0 spiro atoms. The number of carbonyl (C=O) groups excluding carboxylic acids is 1. The summed E-state index contributed by atoms with van der Waals surface area (Å²) >= 11 is 6.10. The lowest BCUT2D eigenvalue weighted by Crippen LogP contribution is -2.18. The van der Waals surface area contributed by atoms with E-state index < -0.39 is 9.84 Å². The van der Waals surface area contributed by atoms with Crippen LogP contribution < -0.4 is 10.1 Å². The van der Waals surface area contributed by atoms with Crippen molar-refractivity contribution in [3.05, 3.63) is 23.2 Å². The second-order valence-electron chi connectivity index (χ2n) is 5.48. The SMILES string of the molecule is COCCOc1c(Cl)cccc1NC(=O)CC1CCS(=O)(=O)C1. The molecular weight excluding hydrogens is 342 g/mol. The number of sulfone groups is 1. The van der Waals surface area contributed by atoms with Gasteiger partial charge in [-0.05, 0) is 24.5 Å². The molecule has 1 saturated heterocycles. The zero-order valence-corrected chi connectivity index (χ0v) is 14.5. The summed E-state index contributed by atoms with van der Waals surface area (Å²) in [7, 11) is -1.42. The van der Waals surface area contributed by atoms with Crippen LogP contribution in [0.1, 0.15) is 12.8 Å². The first-order valence-electron chi connectivity index (χ1n) is 7.32. The molecule has 23 heavy (non-hydrogen) atoms. The predicted molar refractivity (Wildman–Crippen MR) is 88.8 cm³/mol. The second kappa shape index (κ2) is 7.99. The fraction of sp³-hybridized carbons (Fsp3) is 0.533. The number of anilines is 1. The molecule has 0 aliphatic carbocycles. The number of benzene rings is 1. The van der Waals surface area contributed by atoms with Crippen LogP contribution in [0.5, 0.6) is 5.75 Å². The number of rotatable bonds is 7. The average Bonchev–Trinajstić information content (AvgIpc) is 2.81. The van der Waals surface area contributed by atoms with Crippen molar-refractivity contribution < 1.29 is 22.7 Å². The Morgan fingerprint density at radius 1 is 1.39 bits per heavy atom. The molecule has 0 bridgehead atoms. The first-order chi connectivity index (χ1) is 10.9. The van der Waals surface area contributed by atoms with Gasteiger partial charge in [0.25, 0.3) is 0 Å². The summed E-state index contributed by atoms with van der Waals surface area (Å²) in [5.74, 6) is 0.252. The van der Waals surface area contributed by atoms with E-state index in [1.807, 2.05) is 0 Å². The number of hydrogen-bond donors (Lipinski definition) is 1. The zero-order valence-electron chi connectivity index (χ0n) is 12.9. The second-order valence-corrected chi connectivity index (χ2v) is 8.12. The molecule has 1 unspecified atom stereocenters. The molecule has 1 aromatic rings. The summed E-state index contributed by atoms with van der Waals surface area (Å²) < 4.78 is 33.4. The van der Waals surface area contributed by atoms with Crippen LogP contribution in [0, 0.1) is 5.92 Å². The number of carbonyl (C=O) groups is 1. The largest absolute Gasteiger partial charge is 0.487 e. The number of para-hydroxylation sites is 1. The van der Waals surface area contributed by atoms with E-state index in [1.165, 1.54) is 0 Å². The van der Waals surface area contributed by atoms with Crippen LogP contribution in [0.15, 0.2) is 18.2 Å². The Morgan fingerprint density at radius 2 is 2.17 bits per heavy atom. The van der Waals surface area contributed by atoms with Crippen LogP contribution in [0.25, 0.3) is 0 Å². The van der Waals surface area contributed by atoms with Crippen molar-refractivity contribution in [1.29, 1.82) is 0 Å². The van der Waals surface area contributed by atoms with Crippen molar-refractivity contribution in [2.24, 2.45) is 5.92 Å². The molecule has 1 fully saturated rings. The van der Waals surface area contributed by atoms with Crippen LogP contribution in [0.2, 0.25) is 5.02 Å². The van der Waals surface area contributed by atoms with Gasteiger partial charge in [-0.1, -0.05) is 17.7 Å². The van der Waals surface area contributed by atoms with Gasteiger partial charge in [0, 0.05) is 13.5 Å². The van der Waals surface area contributed by atoms with Crippen molar-refractivity contribution in [1.82, 2.24) is 0 Å². The van der Waals surface area contributed by atoms with Crippen LogP contribution in [-0.4, -0.2) is 46.2 Å². The Labute approximate surface area is 141 Å². The normalized spacial score (nSPS) is 19.5.